The number of ether oxygens (including phenoxy) is 2. The molecule has 0 aliphatic carbocycles. The van der Waals surface area contributed by atoms with Gasteiger partial charge in [0.25, 0.3) is 0 Å². The summed E-state index contributed by atoms with van der Waals surface area (Å²) in [5, 5.41) is 0.753. The van der Waals surface area contributed by atoms with E-state index in [2.05, 4.69) is 0 Å². The van der Waals surface area contributed by atoms with Crippen molar-refractivity contribution in [2.45, 2.75) is 11.3 Å². The number of rotatable bonds is 6. The van der Waals surface area contributed by atoms with Crippen molar-refractivity contribution >= 4 is 15.7 Å². The number of hydroxylamine groups is 2. The smallest absolute Gasteiger partial charge is 0.221 e. The van der Waals surface area contributed by atoms with Crippen molar-refractivity contribution in [1.29, 1.82) is 0 Å². The lowest BCUT2D eigenvalue weighted by Gasteiger charge is -2.37. The van der Waals surface area contributed by atoms with Crippen molar-refractivity contribution in [2.24, 2.45) is 0 Å². The molecule has 8 nitrogen and oxygen atoms in total. The van der Waals surface area contributed by atoms with Crippen LogP contribution in [0.25, 0.3) is 0 Å². The maximum absolute atomic E-state index is 14.1. The third-order valence-corrected chi connectivity index (χ3v) is 8.36. The van der Waals surface area contributed by atoms with Crippen LogP contribution >= 0.6 is 0 Å². The van der Waals surface area contributed by atoms with Gasteiger partial charge in [0.1, 0.15) is 22.6 Å². The zero-order valence-corrected chi connectivity index (χ0v) is 19.2. The van der Waals surface area contributed by atoms with E-state index in [4.69, 9.17) is 14.3 Å². The second kappa shape index (κ2) is 9.22. The Balaban J connectivity index is 1.57. The monoisotopic (exact) mass is 465 g/mol. The lowest BCUT2D eigenvalue weighted by atomic mass is 10.0. The highest BCUT2D eigenvalue weighted by Crippen LogP contribution is 2.41. The molecule has 2 aliphatic rings. The van der Waals surface area contributed by atoms with Crippen LogP contribution in [0.4, 0.5) is 10.1 Å². The van der Waals surface area contributed by atoms with E-state index in [1.54, 1.807) is 62.7 Å². The van der Waals surface area contributed by atoms with Gasteiger partial charge < -0.3 is 14.4 Å². The fourth-order valence-electron chi connectivity index (χ4n) is 4.40. The highest BCUT2D eigenvalue weighted by molar-refractivity contribution is 7.89. The number of methoxy groups -OCH3 is 2. The summed E-state index contributed by atoms with van der Waals surface area (Å²) in [6, 6.07) is 11.3. The molecule has 0 amide bonds. The summed E-state index contributed by atoms with van der Waals surface area (Å²) in [6.07, 6.45) is 0. The first-order valence-electron chi connectivity index (χ1n) is 10.4. The number of anilines is 1. The summed E-state index contributed by atoms with van der Waals surface area (Å²) < 4.78 is 53.7. The summed E-state index contributed by atoms with van der Waals surface area (Å²) in [4.78, 5) is 7.54. The van der Waals surface area contributed by atoms with Crippen LogP contribution in [-0.4, -0.2) is 77.1 Å². The van der Waals surface area contributed by atoms with E-state index in [0.717, 1.165) is 0 Å². The minimum Gasteiger partial charge on any atom is -0.497 e. The SMILES string of the molecule is COc1ccc(OC)c([C@@H]2[C@H](S(=O)(=O)N3CCN(c4ccccc4F)CC3)CON2C)c1. The minimum absolute atomic E-state index is 0.0391. The molecule has 32 heavy (non-hydrogen) atoms. The molecule has 10 heteroatoms. The standard InChI is InChI=1S/C22H28FN3O5S/c1-24-22(17-14-16(29-2)8-9-20(17)30-3)21(15-31-24)32(27,28)26-12-10-25(11-13-26)19-7-5-4-6-18(19)23/h4-9,14,21-22H,10-13,15H2,1-3H3/t21-,22-/m1/s1. The van der Waals surface area contributed by atoms with Crippen molar-refractivity contribution < 1.29 is 27.1 Å². The van der Waals surface area contributed by atoms with E-state index >= 15 is 0 Å². The number of hydrogen-bond acceptors (Lipinski definition) is 7. The predicted octanol–water partition coefficient (Wildman–Crippen LogP) is 2.28. The van der Waals surface area contributed by atoms with Crippen molar-refractivity contribution in [1.82, 2.24) is 9.37 Å². The number of benzene rings is 2. The number of halogens is 1. The molecule has 2 heterocycles. The lowest BCUT2D eigenvalue weighted by molar-refractivity contribution is -0.110. The molecule has 4 rings (SSSR count). The summed E-state index contributed by atoms with van der Waals surface area (Å²) in [7, 11) is 1.12. The largest absolute Gasteiger partial charge is 0.497 e. The molecular weight excluding hydrogens is 437 g/mol. The third-order valence-electron chi connectivity index (χ3n) is 6.12. The molecule has 0 N–H and O–H groups in total. The molecule has 0 unspecified atom stereocenters. The van der Waals surface area contributed by atoms with E-state index in [0.29, 0.717) is 35.8 Å². The average molecular weight is 466 g/mol. The normalized spacial score (nSPS) is 22.8. The van der Waals surface area contributed by atoms with E-state index < -0.39 is 21.3 Å². The highest BCUT2D eigenvalue weighted by Gasteiger charge is 2.47. The maximum atomic E-state index is 14.1. The summed E-state index contributed by atoms with van der Waals surface area (Å²) in [5.41, 5.74) is 1.18. The number of nitrogens with zero attached hydrogens (tertiary/aromatic N) is 3. The van der Waals surface area contributed by atoms with Gasteiger partial charge in [0.2, 0.25) is 10.0 Å². The van der Waals surface area contributed by atoms with Crippen LogP contribution in [0.3, 0.4) is 0 Å². The zero-order chi connectivity index (χ0) is 22.9. The molecule has 0 saturated carbocycles. The van der Waals surface area contributed by atoms with Crippen molar-refractivity contribution in [3.63, 3.8) is 0 Å². The fourth-order valence-corrected chi connectivity index (χ4v) is 6.33. The molecule has 0 radical (unpaired) electrons. The Morgan fingerprint density at radius 3 is 2.41 bits per heavy atom. The summed E-state index contributed by atoms with van der Waals surface area (Å²) in [6.45, 7) is 1.42. The molecule has 0 aromatic heterocycles. The summed E-state index contributed by atoms with van der Waals surface area (Å²) in [5.74, 6) is 0.869. The van der Waals surface area contributed by atoms with E-state index in [9.17, 15) is 12.8 Å². The van der Waals surface area contributed by atoms with Crippen LogP contribution < -0.4 is 14.4 Å². The first-order chi connectivity index (χ1) is 15.4. The molecular formula is C22H28FN3O5S. The van der Waals surface area contributed by atoms with Gasteiger partial charge in [0, 0.05) is 38.8 Å². The third kappa shape index (κ3) is 4.15. The van der Waals surface area contributed by atoms with Gasteiger partial charge in [-0.05, 0) is 30.3 Å². The Kier molecular flexibility index (Phi) is 6.57. The molecule has 2 aliphatic heterocycles. The van der Waals surface area contributed by atoms with Crippen molar-refractivity contribution in [3.05, 3.63) is 53.8 Å². The number of sulfonamides is 1. The second-order valence-electron chi connectivity index (χ2n) is 7.82. The van der Waals surface area contributed by atoms with Crippen LogP contribution in [0.5, 0.6) is 11.5 Å². The molecule has 174 valence electrons. The Labute approximate surface area is 188 Å². The van der Waals surface area contributed by atoms with Gasteiger partial charge in [-0.3, -0.25) is 4.84 Å². The van der Waals surface area contributed by atoms with Crippen molar-refractivity contribution in [2.75, 3.05) is 59.0 Å². The second-order valence-corrected chi connectivity index (χ2v) is 9.97. The summed E-state index contributed by atoms with van der Waals surface area (Å²) >= 11 is 0. The molecule has 2 fully saturated rings. The molecule has 2 aromatic rings. The first-order valence-corrected chi connectivity index (χ1v) is 11.9. The number of para-hydroxylation sites is 1. The van der Waals surface area contributed by atoms with Gasteiger partial charge in [-0.2, -0.15) is 9.37 Å². The Morgan fingerprint density at radius 1 is 1.03 bits per heavy atom. The van der Waals surface area contributed by atoms with Gasteiger partial charge in [0.15, 0.2) is 0 Å². The molecule has 0 bridgehead atoms. The van der Waals surface area contributed by atoms with Crippen LogP contribution in [0.1, 0.15) is 11.6 Å². The first kappa shape index (κ1) is 22.8. The number of piperazine rings is 1. The quantitative estimate of drug-likeness (QED) is 0.648. The van der Waals surface area contributed by atoms with Crippen LogP contribution in [0, 0.1) is 5.82 Å². The van der Waals surface area contributed by atoms with E-state index in [-0.39, 0.29) is 25.5 Å². The van der Waals surface area contributed by atoms with Gasteiger partial charge in [0.05, 0.1) is 32.6 Å². The Morgan fingerprint density at radius 2 is 1.75 bits per heavy atom. The molecule has 2 atom stereocenters. The molecule has 2 aromatic carbocycles. The molecule has 2 saturated heterocycles. The fraction of sp³-hybridized carbons (Fsp3) is 0.455. The van der Waals surface area contributed by atoms with E-state index in [1.165, 1.54) is 10.4 Å². The van der Waals surface area contributed by atoms with Gasteiger partial charge >= 0.3 is 0 Å². The van der Waals surface area contributed by atoms with Crippen molar-refractivity contribution in [3.8, 4) is 11.5 Å². The van der Waals surface area contributed by atoms with Gasteiger partial charge in [-0.1, -0.05) is 12.1 Å². The number of hydrogen-bond donors (Lipinski definition) is 0. The topological polar surface area (TPSA) is 71.5 Å². The van der Waals surface area contributed by atoms with Crippen LogP contribution in [-0.2, 0) is 14.9 Å². The Hall–Kier alpha value is -2.40. The average Bonchev–Trinajstić information content (AvgIpc) is 3.21. The minimum atomic E-state index is -3.70. The predicted molar refractivity (Wildman–Crippen MR) is 119 cm³/mol. The maximum Gasteiger partial charge on any atom is 0.221 e. The highest BCUT2D eigenvalue weighted by atomic mass is 32.2. The van der Waals surface area contributed by atoms with Crippen LogP contribution in [0.2, 0.25) is 0 Å². The van der Waals surface area contributed by atoms with E-state index in [1.807, 2.05) is 4.90 Å². The lowest BCUT2D eigenvalue weighted by Crippen LogP contribution is -2.52. The Bertz CT molecular complexity index is 1060. The molecule has 0 spiro atoms. The van der Waals surface area contributed by atoms with Crippen LogP contribution in [0.15, 0.2) is 42.5 Å². The zero-order valence-electron chi connectivity index (χ0n) is 18.4. The van der Waals surface area contributed by atoms with Gasteiger partial charge in [-0.25, -0.2) is 12.8 Å². The van der Waals surface area contributed by atoms with Gasteiger partial charge in [-0.15, -0.1) is 0 Å².